The monoisotopic (exact) mass is 139 g/mol. The lowest BCUT2D eigenvalue weighted by molar-refractivity contribution is 0.586. The molecule has 0 saturated carbocycles. The van der Waals surface area contributed by atoms with E-state index in [0.29, 0.717) is 11.6 Å². The van der Waals surface area contributed by atoms with E-state index in [1.54, 1.807) is 0 Å². The van der Waals surface area contributed by atoms with Gasteiger partial charge >= 0.3 is 0 Å². The highest BCUT2D eigenvalue weighted by Crippen LogP contribution is 2.09. The fourth-order valence-electron chi connectivity index (χ4n) is 0.667. The molecule has 0 bridgehead atoms. The number of rotatable bonds is 4. The van der Waals surface area contributed by atoms with Crippen LogP contribution in [0.25, 0.3) is 0 Å². The molecule has 10 heavy (non-hydrogen) atoms. The average molecular weight is 139 g/mol. The second-order valence-electron chi connectivity index (χ2n) is 2.98. The molecule has 0 aliphatic carbocycles. The van der Waals surface area contributed by atoms with Crippen molar-refractivity contribution < 1.29 is 0 Å². The van der Waals surface area contributed by atoms with E-state index in [1.165, 1.54) is 0 Å². The van der Waals surface area contributed by atoms with Crippen molar-refractivity contribution in [3.05, 3.63) is 12.2 Å². The standard InChI is InChI=1S/C9H17N/c1-5-8(4)6-9(10)7(2)3/h8,10H,2,5-6H2,1,3-4H3. The summed E-state index contributed by atoms with van der Waals surface area (Å²) in [5, 5.41) is 7.48. The van der Waals surface area contributed by atoms with Crippen molar-refractivity contribution in [3.8, 4) is 0 Å². The van der Waals surface area contributed by atoms with E-state index >= 15 is 0 Å². The van der Waals surface area contributed by atoms with Gasteiger partial charge in [-0.05, 0) is 24.8 Å². The lowest BCUT2D eigenvalue weighted by Crippen LogP contribution is -2.03. The molecule has 0 aromatic rings. The van der Waals surface area contributed by atoms with Crippen molar-refractivity contribution in [3.63, 3.8) is 0 Å². The smallest absolute Gasteiger partial charge is 0.0339 e. The highest BCUT2D eigenvalue weighted by Gasteiger charge is 2.03. The molecule has 0 aliphatic heterocycles. The summed E-state index contributed by atoms with van der Waals surface area (Å²) < 4.78 is 0. The van der Waals surface area contributed by atoms with Gasteiger partial charge in [-0.25, -0.2) is 0 Å². The summed E-state index contributed by atoms with van der Waals surface area (Å²) in [5.41, 5.74) is 1.61. The lowest BCUT2D eigenvalue weighted by atomic mass is 9.99. The molecule has 0 amide bonds. The Balaban J connectivity index is 3.68. The Kier molecular flexibility index (Phi) is 4.01. The van der Waals surface area contributed by atoms with Gasteiger partial charge in [0.25, 0.3) is 0 Å². The number of nitrogens with one attached hydrogen (secondary N) is 1. The summed E-state index contributed by atoms with van der Waals surface area (Å²) in [6.45, 7) is 9.92. The molecule has 0 spiro atoms. The summed E-state index contributed by atoms with van der Waals surface area (Å²) >= 11 is 0. The third-order valence-corrected chi connectivity index (χ3v) is 1.76. The zero-order chi connectivity index (χ0) is 8.15. The molecule has 1 unspecified atom stereocenters. The number of hydrogen-bond donors (Lipinski definition) is 1. The van der Waals surface area contributed by atoms with Gasteiger partial charge in [0.15, 0.2) is 0 Å². The third kappa shape index (κ3) is 3.44. The van der Waals surface area contributed by atoms with E-state index in [-0.39, 0.29) is 0 Å². The maximum atomic E-state index is 7.48. The van der Waals surface area contributed by atoms with Gasteiger partial charge in [0.1, 0.15) is 0 Å². The van der Waals surface area contributed by atoms with Crippen molar-refractivity contribution >= 4 is 5.71 Å². The van der Waals surface area contributed by atoms with Crippen LogP contribution < -0.4 is 0 Å². The molecule has 0 aromatic carbocycles. The van der Waals surface area contributed by atoms with Gasteiger partial charge in [-0.15, -0.1) is 0 Å². The molecule has 0 saturated heterocycles. The van der Waals surface area contributed by atoms with Gasteiger partial charge in [0.2, 0.25) is 0 Å². The molecule has 58 valence electrons. The van der Waals surface area contributed by atoms with E-state index in [9.17, 15) is 0 Å². The molecular formula is C9H17N. The predicted molar refractivity (Wildman–Crippen MR) is 46.6 cm³/mol. The topological polar surface area (TPSA) is 23.9 Å². The van der Waals surface area contributed by atoms with Crippen molar-refractivity contribution in [1.82, 2.24) is 0 Å². The largest absolute Gasteiger partial charge is 0.305 e. The van der Waals surface area contributed by atoms with Crippen LogP contribution in [0.15, 0.2) is 12.2 Å². The van der Waals surface area contributed by atoms with E-state index in [1.807, 2.05) is 6.92 Å². The zero-order valence-electron chi connectivity index (χ0n) is 7.20. The van der Waals surface area contributed by atoms with Crippen LogP contribution in [-0.2, 0) is 0 Å². The first-order chi connectivity index (χ1) is 4.57. The van der Waals surface area contributed by atoms with E-state index in [2.05, 4.69) is 20.4 Å². The van der Waals surface area contributed by atoms with Crippen LogP contribution >= 0.6 is 0 Å². The highest BCUT2D eigenvalue weighted by molar-refractivity contribution is 5.96. The van der Waals surface area contributed by atoms with Gasteiger partial charge in [0.05, 0.1) is 0 Å². The molecule has 1 nitrogen and oxygen atoms in total. The van der Waals surface area contributed by atoms with Crippen LogP contribution in [0.3, 0.4) is 0 Å². The van der Waals surface area contributed by atoms with Gasteiger partial charge in [0, 0.05) is 5.71 Å². The van der Waals surface area contributed by atoms with Crippen molar-refractivity contribution in [2.45, 2.75) is 33.6 Å². The van der Waals surface area contributed by atoms with Gasteiger partial charge in [-0.3, -0.25) is 0 Å². The predicted octanol–water partition coefficient (Wildman–Crippen LogP) is 3.02. The minimum absolute atomic E-state index is 0.629. The Morgan fingerprint density at radius 2 is 2.10 bits per heavy atom. The fourth-order valence-corrected chi connectivity index (χ4v) is 0.667. The van der Waals surface area contributed by atoms with Gasteiger partial charge in [-0.2, -0.15) is 0 Å². The molecule has 0 radical (unpaired) electrons. The van der Waals surface area contributed by atoms with Gasteiger partial charge in [-0.1, -0.05) is 26.8 Å². The highest BCUT2D eigenvalue weighted by atomic mass is 14.4. The molecule has 1 heteroatoms. The maximum Gasteiger partial charge on any atom is 0.0339 e. The van der Waals surface area contributed by atoms with Crippen LogP contribution in [0.4, 0.5) is 0 Å². The normalized spacial score (nSPS) is 12.7. The summed E-state index contributed by atoms with van der Waals surface area (Å²) in [6, 6.07) is 0. The lowest BCUT2D eigenvalue weighted by Gasteiger charge is -2.08. The molecule has 0 aromatic heterocycles. The summed E-state index contributed by atoms with van der Waals surface area (Å²) in [4.78, 5) is 0. The SMILES string of the molecule is C=C(C)C(=N)CC(C)CC. The quantitative estimate of drug-likeness (QED) is 0.579. The van der Waals surface area contributed by atoms with Crippen LogP contribution in [0.5, 0.6) is 0 Å². The Labute approximate surface area is 63.7 Å². The first kappa shape index (κ1) is 9.41. The summed E-state index contributed by atoms with van der Waals surface area (Å²) in [7, 11) is 0. The van der Waals surface area contributed by atoms with Crippen molar-refractivity contribution in [2.75, 3.05) is 0 Å². The minimum atomic E-state index is 0.629. The summed E-state index contributed by atoms with van der Waals surface area (Å²) in [5.74, 6) is 0.629. The molecule has 0 rings (SSSR count). The Bertz CT molecular complexity index is 136. The molecular weight excluding hydrogens is 122 g/mol. The van der Waals surface area contributed by atoms with Crippen LogP contribution in [0.1, 0.15) is 33.6 Å². The molecule has 0 fully saturated rings. The zero-order valence-corrected chi connectivity index (χ0v) is 7.20. The van der Waals surface area contributed by atoms with E-state index in [4.69, 9.17) is 5.41 Å². The third-order valence-electron chi connectivity index (χ3n) is 1.76. The van der Waals surface area contributed by atoms with Crippen LogP contribution in [0.2, 0.25) is 0 Å². The number of hydrogen-bond acceptors (Lipinski definition) is 1. The molecule has 0 heterocycles. The van der Waals surface area contributed by atoms with E-state index in [0.717, 1.165) is 18.4 Å². The molecule has 0 aliphatic rings. The molecule has 1 N–H and O–H groups in total. The van der Waals surface area contributed by atoms with Crippen molar-refractivity contribution in [2.24, 2.45) is 5.92 Å². The first-order valence-electron chi connectivity index (χ1n) is 3.81. The number of allylic oxidation sites excluding steroid dienone is 1. The Morgan fingerprint density at radius 3 is 2.40 bits per heavy atom. The van der Waals surface area contributed by atoms with E-state index < -0.39 is 0 Å². The first-order valence-corrected chi connectivity index (χ1v) is 3.81. The Hall–Kier alpha value is -0.590. The van der Waals surface area contributed by atoms with Crippen molar-refractivity contribution in [1.29, 1.82) is 5.41 Å². The second kappa shape index (κ2) is 4.26. The molecule has 1 atom stereocenters. The average Bonchev–Trinajstić information content (AvgIpc) is 1.87. The van der Waals surface area contributed by atoms with Gasteiger partial charge < -0.3 is 5.41 Å². The fraction of sp³-hybridized carbons (Fsp3) is 0.667. The Morgan fingerprint density at radius 1 is 1.60 bits per heavy atom. The maximum absolute atomic E-state index is 7.48. The van der Waals surface area contributed by atoms with Crippen LogP contribution in [0, 0.1) is 11.3 Å². The summed E-state index contributed by atoms with van der Waals surface area (Å²) in [6.07, 6.45) is 2.03. The second-order valence-corrected chi connectivity index (χ2v) is 2.98. The van der Waals surface area contributed by atoms with Crippen LogP contribution in [-0.4, -0.2) is 5.71 Å². The minimum Gasteiger partial charge on any atom is -0.305 e.